The Kier molecular flexibility index (Phi) is 3.12. The number of benzene rings is 1. The summed E-state index contributed by atoms with van der Waals surface area (Å²) in [6.07, 6.45) is 4.98. The summed E-state index contributed by atoms with van der Waals surface area (Å²) in [5, 5.41) is 3.21. The summed E-state index contributed by atoms with van der Waals surface area (Å²) < 4.78 is 5.18. The molecule has 0 saturated carbocycles. The first-order valence-electron chi connectivity index (χ1n) is 6.88. The fourth-order valence-corrected chi connectivity index (χ4v) is 3.42. The van der Waals surface area contributed by atoms with E-state index in [0.717, 1.165) is 27.3 Å². The van der Waals surface area contributed by atoms with Crippen LogP contribution >= 0.6 is 11.3 Å². The van der Waals surface area contributed by atoms with E-state index >= 15 is 0 Å². The van der Waals surface area contributed by atoms with Crippen molar-refractivity contribution in [3.8, 4) is 11.1 Å². The summed E-state index contributed by atoms with van der Waals surface area (Å²) in [5.74, 6) is 0.881. The van der Waals surface area contributed by atoms with E-state index in [1.54, 1.807) is 30.2 Å². The molecule has 0 atom stereocenters. The molecule has 0 unspecified atom stereocenters. The van der Waals surface area contributed by atoms with Gasteiger partial charge in [0.1, 0.15) is 23.2 Å². The second kappa shape index (κ2) is 5.27. The maximum atomic E-state index is 5.18. The second-order valence-corrected chi connectivity index (χ2v) is 5.79. The zero-order valence-electron chi connectivity index (χ0n) is 11.9. The molecule has 0 amide bonds. The maximum absolute atomic E-state index is 5.18. The molecule has 0 spiro atoms. The summed E-state index contributed by atoms with van der Waals surface area (Å²) in [4.78, 5) is 11.9. The highest BCUT2D eigenvalue weighted by Gasteiger charge is 2.17. The van der Waals surface area contributed by atoms with Crippen LogP contribution in [0, 0.1) is 0 Å². The normalized spacial score (nSPS) is 11.0. The van der Waals surface area contributed by atoms with Gasteiger partial charge in [-0.05, 0) is 5.56 Å². The number of rotatable bonds is 3. The Bertz CT molecular complexity index is 900. The molecular weight excluding hydrogens is 294 g/mol. The number of aromatic nitrogens is 2. The van der Waals surface area contributed by atoms with E-state index < -0.39 is 0 Å². The number of nitrogens with zero attached hydrogens (tertiary/aromatic N) is 3. The third kappa shape index (κ3) is 2.07. The van der Waals surface area contributed by atoms with Crippen LogP contribution in [0.2, 0.25) is 0 Å². The lowest BCUT2D eigenvalue weighted by Crippen LogP contribution is -2.10. The van der Waals surface area contributed by atoms with Gasteiger partial charge in [-0.1, -0.05) is 30.3 Å². The van der Waals surface area contributed by atoms with Crippen LogP contribution in [0.25, 0.3) is 21.3 Å². The van der Waals surface area contributed by atoms with E-state index in [1.807, 2.05) is 36.2 Å². The monoisotopic (exact) mass is 307 g/mol. The first-order chi connectivity index (χ1) is 10.8. The Morgan fingerprint density at radius 3 is 2.73 bits per heavy atom. The van der Waals surface area contributed by atoms with Crippen LogP contribution in [0.5, 0.6) is 0 Å². The van der Waals surface area contributed by atoms with Gasteiger partial charge in [-0.15, -0.1) is 11.3 Å². The average molecular weight is 307 g/mol. The van der Waals surface area contributed by atoms with E-state index in [2.05, 4.69) is 27.5 Å². The first kappa shape index (κ1) is 13.0. The molecule has 5 heteroatoms. The van der Waals surface area contributed by atoms with Gasteiger partial charge >= 0.3 is 0 Å². The SMILES string of the molecule is CN(c1ccoc1)c1ncnc2scc(-c3ccccc3)c12. The Hall–Kier alpha value is -2.66. The number of furan rings is 1. The van der Waals surface area contributed by atoms with Crippen LogP contribution in [0.1, 0.15) is 0 Å². The fraction of sp³-hybridized carbons (Fsp3) is 0.0588. The number of fused-ring (bicyclic) bond motifs is 1. The molecule has 0 fully saturated rings. The van der Waals surface area contributed by atoms with Crippen molar-refractivity contribution in [1.29, 1.82) is 0 Å². The predicted molar refractivity (Wildman–Crippen MR) is 89.6 cm³/mol. The molecule has 108 valence electrons. The molecule has 0 radical (unpaired) electrons. The molecular formula is C17H13N3OS. The highest BCUT2D eigenvalue weighted by Crippen LogP contribution is 2.39. The molecule has 22 heavy (non-hydrogen) atoms. The summed E-state index contributed by atoms with van der Waals surface area (Å²) in [6.45, 7) is 0. The van der Waals surface area contributed by atoms with Crippen molar-refractivity contribution in [1.82, 2.24) is 9.97 Å². The van der Waals surface area contributed by atoms with E-state index in [4.69, 9.17) is 4.42 Å². The van der Waals surface area contributed by atoms with Gasteiger partial charge in [-0.25, -0.2) is 9.97 Å². The first-order valence-corrected chi connectivity index (χ1v) is 7.76. The third-order valence-electron chi connectivity index (χ3n) is 3.65. The Morgan fingerprint density at radius 1 is 1.09 bits per heavy atom. The molecule has 3 heterocycles. The van der Waals surface area contributed by atoms with Gasteiger partial charge in [-0.3, -0.25) is 0 Å². The lowest BCUT2D eigenvalue weighted by Gasteiger charge is -2.17. The molecule has 0 N–H and O–H groups in total. The van der Waals surface area contributed by atoms with Gasteiger partial charge in [0.2, 0.25) is 0 Å². The average Bonchev–Trinajstić information content (AvgIpc) is 3.24. The van der Waals surface area contributed by atoms with Crippen LogP contribution in [0.4, 0.5) is 11.5 Å². The minimum absolute atomic E-state index is 0.881. The summed E-state index contributed by atoms with van der Waals surface area (Å²) >= 11 is 1.64. The number of thiophene rings is 1. The van der Waals surface area contributed by atoms with Gasteiger partial charge in [0.05, 0.1) is 17.3 Å². The van der Waals surface area contributed by atoms with Gasteiger partial charge in [0.15, 0.2) is 0 Å². The molecule has 0 aliphatic rings. The lowest BCUT2D eigenvalue weighted by atomic mass is 10.1. The van der Waals surface area contributed by atoms with Gasteiger partial charge in [-0.2, -0.15) is 0 Å². The molecule has 4 rings (SSSR count). The molecule has 3 aromatic heterocycles. The summed E-state index contributed by atoms with van der Waals surface area (Å²) in [7, 11) is 1.99. The standard InChI is InChI=1S/C17H13N3OS/c1-20(13-7-8-21-9-13)16-15-14(12-5-3-2-4-6-12)10-22-17(15)19-11-18-16/h2-11H,1H3. The minimum atomic E-state index is 0.881. The van der Waals surface area contributed by atoms with Crippen molar-refractivity contribution < 1.29 is 4.42 Å². The predicted octanol–water partition coefficient (Wildman–Crippen LogP) is 4.72. The zero-order valence-corrected chi connectivity index (χ0v) is 12.7. The maximum Gasteiger partial charge on any atom is 0.145 e. The van der Waals surface area contributed by atoms with Gasteiger partial charge < -0.3 is 9.32 Å². The zero-order chi connectivity index (χ0) is 14.9. The molecule has 1 aromatic carbocycles. The quantitative estimate of drug-likeness (QED) is 0.549. The molecule has 0 saturated heterocycles. The van der Waals surface area contributed by atoms with Crippen LogP contribution in [0.3, 0.4) is 0 Å². The van der Waals surface area contributed by atoms with Crippen LogP contribution < -0.4 is 4.90 Å². The smallest absolute Gasteiger partial charge is 0.145 e. The Balaban J connectivity index is 1.94. The Labute approximate surface area is 131 Å². The van der Waals surface area contributed by atoms with Crippen molar-refractivity contribution in [2.24, 2.45) is 0 Å². The molecule has 4 nitrogen and oxygen atoms in total. The van der Waals surface area contributed by atoms with E-state index in [1.165, 1.54) is 5.56 Å². The number of hydrogen-bond donors (Lipinski definition) is 0. The van der Waals surface area contributed by atoms with Crippen LogP contribution in [-0.4, -0.2) is 17.0 Å². The van der Waals surface area contributed by atoms with E-state index in [9.17, 15) is 0 Å². The number of hydrogen-bond acceptors (Lipinski definition) is 5. The molecule has 4 aromatic rings. The van der Waals surface area contributed by atoms with Crippen molar-refractivity contribution in [2.75, 3.05) is 11.9 Å². The lowest BCUT2D eigenvalue weighted by molar-refractivity contribution is 0.567. The minimum Gasteiger partial charge on any atom is -0.470 e. The third-order valence-corrected chi connectivity index (χ3v) is 4.53. The van der Waals surface area contributed by atoms with Crippen LogP contribution in [-0.2, 0) is 0 Å². The van der Waals surface area contributed by atoms with Crippen LogP contribution in [0.15, 0.2) is 65.0 Å². The molecule has 0 aliphatic heterocycles. The second-order valence-electron chi connectivity index (χ2n) is 4.93. The summed E-state index contributed by atoms with van der Waals surface area (Å²) in [5.41, 5.74) is 3.29. The van der Waals surface area contributed by atoms with Crippen molar-refractivity contribution in [2.45, 2.75) is 0 Å². The van der Waals surface area contributed by atoms with Crippen molar-refractivity contribution in [3.63, 3.8) is 0 Å². The Morgan fingerprint density at radius 2 is 1.95 bits per heavy atom. The largest absolute Gasteiger partial charge is 0.470 e. The highest BCUT2D eigenvalue weighted by atomic mass is 32.1. The molecule has 0 aliphatic carbocycles. The summed E-state index contributed by atoms with van der Waals surface area (Å²) in [6, 6.07) is 12.2. The van der Waals surface area contributed by atoms with E-state index in [-0.39, 0.29) is 0 Å². The number of anilines is 2. The van der Waals surface area contributed by atoms with Gasteiger partial charge in [0.25, 0.3) is 0 Å². The fourth-order valence-electron chi connectivity index (χ4n) is 2.51. The van der Waals surface area contributed by atoms with Gasteiger partial charge in [0, 0.05) is 24.1 Å². The molecule has 0 bridgehead atoms. The van der Waals surface area contributed by atoms with Crippen molar-refractivity contribution >= 4 is 33.1 Å². The van der Waals surface area contributed by atoms with Crippen molar-refractivity contribution in [3.05, 3.63) is 60.6 Å². The highest BCUT2D eigenvalue weighted by molar-refractivity contribution is 7.17. The topological polar surface area (TPSA) is 42.2 Å². The van der Waals surface area contributed by atoms with E-state index in [0.29, 0.717) is 0 Å².